The predicted molar refractivity (Wildman–Crippen MR) is 80.7 cm³/mol. The molecule has 0 aromatic carbocycles. The fraction of sp³-hybridized carbons (Fsp3) is 0.571. The summed E-state index contributed by atoms with van der Waals surface area (Å²) in [4.78, 5) is 3.17. The van der Waals surface area contributed by atoms with Crippen molar-refractivity contribution in [1.82, 2.24) is 19.5 Å². The number of aromatic amines is 1. The highest BCUT2D eigenvalue weighted by Crippen LogP contribution is 2.24. The lowest BCUT2D eigenvalue weighted by atomic mass is 10.2. The fourth-order valence-electron chi connectivity index (χ4n) is 2.58. The molecule has 0 unspecified atom stereocenters. The summed E-state index contributed by atoms with van der Waals surface area (Å²) >= 11 is 0. The van der Waals surface area contributed by atoms with E-state index in [1.807, 2.05) is 6.92 Å². The molecule has 0 spiro atoms. The molecule has 0 bridgehead atoms. The number of aryl methyl sites for hydroxylation is 1. The molecule has 1 aliphatic rings. The molecule has 1 saturated heterocycles. The van der Waals surface area contributed by atoms with Crippen molar-refractivity contribution in [3.8, 4) is 11.6 Å². The minimum atomic E-state index is -3.46. The Bertz CT molecular complexity index is 727. The Balaban J connectivity index is 1.85. The van der Waals surface area contributed by atoms with E-state index in [4.69, 9.17) is 4.42 Å². The standard InChI is InChI=1S/C14H20N4O3S/c1-2-13-16-17-14(21-13)12-9-11(10-15-12)22(19,20)18-7-5-3-4-6-8-18/h9-10,15H,2-8H2,1H3. The van der Waals surface area contributed by atoms with Gasteiger partial charge in [-0.15, -0.1) is 10.2 Å². The van der Waals surface area contributed by atoms with Crippen LogP contribution in [0.1, 0.15) is 38.5 Å². The maximum Gasteiger partial charge on any atom is 0.264 e. The summed E-state index contributed by atoms with van der Waals surface area (Å²) in [5.41, 5.74) is 0.528. The normalized spacial score (nSPS) is 17.5. The predicted octanol–water partition coefficient (Wildman–Crippen LogP) is 2.19. The highest BCUT2D eigenvalue weighted by molar-refractivity contribution is 7.89. The van der Waals surface area contributed by atoms with E-state index >= 15 is 0 Å². The van der Waals surface area contributed by atoms with E-state index in [1.54, 1.807) is 10.4 Å². The number of H-pyrrole nitrogens is 1. The van der Waals surface area contributed by atoms with E-state index in [-0.39, 0.29) is 4.90 Å². The molecule has 2 aromatic heterocycles. The first-order chi connectivity index (χ1) is 10.6. The third-order valence-electron chi connectivity index (χ3n) is 3.86. The van der Waals surface area contributed by atoms with Gasteiger partial charge in [0.25, 0.3) is 5.89 Å². The van der Waals surface area contributed by atoms with Gasteiger partial charge in [-0.1, -0.05) is 19.8 Å². The van der Waals surface area contributed by atoms with Crippen molar-refractivity contribution in [3.05, 3.63) is 18.2 Å². The van der Waals surface area contributed by atoms with Crippen LogP contribution in [-0.2, 0) is 16.4 Å². The first kappa shape index (κ1) is 15.2. The number of hydrogen-bond acceptors (Lipinski definition) is 5. The molecule has 1 N–H and O–H groups in total. The Hall–Kier alpha value is -1.67. The third kappa shape index (κ3) is 2.93. The highest BCUT2D eigenvalue weighted by atomic mass is 32.2. The van der Waals surface area contributed by atoms with Gasteiger partial charge in [0.05, 0.1) is 0 Å². The van der Waals surface area contributed by atoms with Gasteiger partial charge in [-0.2, -0.15) is 4.31 Å². The molecule has 7 nitrogen and oxygen atoms in total. The topological polar surface area (TPSA) is 92.1 Å². The minimum Gasteiger partial charge on any atom is -0.419 e. The second-order valence-electron chi connectivity index (χ2n) is 5.42. The fourth-order valence-corrected chi connectivity index (χ4v) is 4.09. The lowest BCUT2D eigenvalue weighted by Gasteiger charge is -2.18. The van der Waals surface area contributed by atoms with Crippen molar-refractivity contribution >= 4 is 10.0 Å². The molecule has 0 amide bonds. The van der Waals surface area contributed by atoms with Crippen LogP contribution in [0.3, 0.4) is 0 Å². The van der Waals surface area contributed by atoms with Gasteiger partial charge in [-0.3, -0.25) is 0 Å². The molecule has 0 atom stereocenters. The van der Waals surface area contributed by atoms with Crippen LogP contribution in [0.4, 0.5) is 0 Å². The van der Waals surface area contributed by atoms with Gasteiger partial charge < -0.3 is 9.40 Å². The average Bonchev–Trinajstić information content (AvgIpc) is 3.10. The summed E-state index contributed by atoms with van der Waals surface area (Å²) in [6.45, 7) is 3.09. The Kier molecular flexibility index (Phi) is 4.30. The molecule has 1 aliphatic heterocycles. The quantitative estimate of drug-likeness (QED) is 0.930. The Morgan fingerprint density at radius 2 is 1.95 bits per heavy atom. The molecule has 0 aliphatic carbocycles. The van der Waals surface area contributed by atoms with Gasteiger partial charge in [-0.25, -0.2) is 8.42 Å². The van der Waals surface area contributed by atoms with Crippen molar-refractivity contribution in [2.24, 2.45) is 0 Å². The second kappa shape index (κ2) is 6.21. The number of rotatable bonds is 4. The van der Waals surface area contributed by atoms with E-state index in [1.165, 1.54) is 6.20 Å². The number of aromatic nitrogens is 3. The van der Waals surface area contributed by atoms with Gasteiger partial charge in [0.1, 0.15) is 10.6 Å². The van der Waals surface area contributed by atoms with E-state index in [9.17, 15) is 8.42 Å². The van der Waals surface area contributed by atoms with Crippen LogP contribution in [-0.4, -0.2) is 41.0 Å². The first-order valence-corrected chi connectivity index (χ1v) is 9.06. The van der Waals surface area contributed by atoms with Gasteiger partial charge >= 0.3 is 0 Å². The van der Waals surface area contributed by atoms with Crippen molar-refractivity contribution < 1.29 is 12.8 Å². The zero-order valence-corrected chi connectivity index (χ0v) is 13.4. The van der Waals surface area contributed by atoms with Crippen LogP contribution in [0.2, 0.25) is 0 Å². The maximum absolute atomic E-state index is 12.7. The van der Waals surface area contributed by atoms with Crippen LogP contribution in [0.25, 0.3) is 11.6 Å². The SMILES string of the molecule is CCc1nnc(-c2cc(S(=O)(=O)N3CCCCCC3)c[nH]2)o1. The summed E-state index contributed by atoms with van der Waals surface area (Å²) in [6.07, 6.45) is 6.15. The molecular formula is C14H20N4O3S. The summed E-state index contributed by atoms with van der Waals surface area (Å²) in [6, 6.07) is 1.56. The molecule has 2 aromatic rings. The molecular weight excluding hydrogens is 304 g/mol. The Labute approximate surface area is 129 Å². The molecule has 22 heavy (non-hydrogen) atoms. The van der Waals surface area contributed by atoms with E-state index in [2.05, 4.69) is 15.2 Å². The second-order valence-corrected chi connectivity index (χ2v) is 7.36. The smallest absolute Gasteiger partial charge is 0.264 e. The van der Waals surface area contributed by atoms with Crippen molar-refractivity contribution in [2.75, 3.05) is 13.1 Å². The zero-order chi connectivity index (χ0) is 15.6. The van der Waals surface area contributed by atoms with Gasteiger partial charge in [0, 0.05) is 25.7 Å². The highest BCUT2D eigenvalue weighted by Gasteiger charge is 2.26. The zero-order valence-electron chi connectivity index (χ0n) is 12.6. The van der Waals surface area contributed by atoms with Crippen LogP contribution in [0.15, 0.2) is 21.6 Å². The third-order valence-corrected chi connectivity index (χ3v) is 5.74. The number of nitrogens with one attached hydrogen (secondary N) is 1. The van der Waals surface area contributed by atoms with Gasteiger partial charge in [-0.05, 0) is 18.9 Å². The van der Waals surface area contributed by atoms with Crippen LogP contribution in [0.5, 0.6) is 0 Å². The lowest BCUT2D eigenvalue weighted by molar-refractivity contribution is 0.424. The molecule has 0 saturated carbocycles. The number of hydrogen-bond donors (Lipinski definition) is 1. The van der Waals surface area contributed by atoms with Gasteiger partial charge in [0.2, 0.25) is 15.9 Å². The van der Waals surface area contributed by atoms with Crippen molar-refractivity contribution in [3.63, 3.8) is 0 Å². The largest absolute Gasteiger partial charge is 0.419 e. The molecule has 120 valence electrons. The van der Waals surface area contributed by atoms with Crippen molar-refractivity contribution in [1.29, 1.82) is 0 Å². The molecule has 0 radical (unpaired) electrons. The summed E-state index contributed by atoms with van der Waals surface area (Å²) in [5.74, 6) is 0.843. The molecule has 3 rings (SSSR count). The molecule has 1 fully saturated rings. The summed E-state index contributed by atoms with van der Waals surface area (Å²) in [7, 11) is -3.46. The van der Waals surface area contributed by atoms with Crippen molar-refractivity contribution in [2.45, 2.75) is 43.9 Å². The number of sulfonamides is 1. The van der Waals surface area contributed by atoms with Crippen LogP contribution >= 0.6 is 0 Å². The Morgan fingerprint density at radius 3 is 2.59 bits per heavy atom. The van der Waals surface area contributed by atoms with E-state index in [0.717, 1.165) is 25.7 Å². The van der Waals surface area contributed by atoms with Crippen LogP contribution in [0, 0.1) is 0 Å². The molecule has 8 heteroatoms. The van der Waals surface area contributed by atoms with E-state index < -0.39 is 10.0 Å². The summed E-state index contributed by atoms with van der Waals surface area (Å²) in [5, 5.41) is 7.81. The lowest BCUT2D eigenvalue weighted by Crippen LogP contribution is -2.31. The number of nitrogens with zero attached hydrogens (tertiary/aromatic N) is 3. The maximum atomic E-state index is 12.7. The monoisotopic (exact) mass is 324 g/mol. The average molecular weight is 324 g/mol. The van der Waals surface area contributed by atoms with Gasteiger partial charge in [0.15, 0.2) is 0 Å². The first-order valence-electron chi connectivity index (χ1n) is 7.62. The minimum absolute atomic E-state index is 0.251. The molecule has 3 heterocycles. The van der Waals surface area contributed by atoms with E-state index in [0.29, 0.717) is 37.0 Å². The Morgan fingerprint density at radius 1 is 1.23 bits per heavy atom. The van der Waals surface area contributed by atoms with Crippen LogP contribution < -0.4 is 0 Å². The summed E-state index contributed by atoms with van der Waals surface area (Å²) < 4.78 is 32.4.